The van der Waals surface area contributed by atoms with Gasteiger partial charge in [0.15, 0.2) is 11.5 Å². The van der Waals surface area contributed by atoms with E-state index in [1.54, 1.807) is 13.8 Å². The van der Waals surface area contributed by atoms with Crippen LogP contribution in [0, 0.1) is 11.3 Å². The second kappa shape index (κ2) is 18.7. The highest BCUT2D eigenvalue weighted by Crippen LogP contribution is 2.39. The summed E-state index contributed by atoms with van der Waals surface area (Å²) >= 11 is 1.03. The van der Waals surface area contributed by atoms with Crippen molar-refractivity contribution in [2.75, 3.05) is 21.3 Å². The van der Waals surface area contributed by atoms with E-state index < -0.39 is 65.7 Å². The second-order valence-electron chi connectivity index (χ2n) is 12.9. The highest BCUT2D eigenvalue weighted by Gasteiger charge is 2.25. The number of nitrogens with one attached hydrogen (secondary N) is 5. The largest absolute Gasteiger partial charge is 0.504 e. The number of benzene rings is 4. The molecule has 0 unspecified atom stereocenters. The van der Waals surface area contributed by atoms with Crippen LogP contribution < -0.4 is 37.1 Å². The molecule has 18 heteroatoms. The number of carboxylic acid groups (broad SMARTS) is 1. The molecule has 1 aromatic heterocycles. The number of hydrogen-bond acceptors (Lipinski definition) is 11. The van der Waals surface area contributed by atoms with Gasteiger partial charge in [0.25, 0.3) is 23.6 Å². The molecular formula is C41H35N7O10S. The van der Waals surface area contributed by atoms with Crippen molar-refractivity contribution in [3.05, 3.63) is 129 Å². The van der Waals surface area contributed by atoms with Crippen LogP contribution in [0.3, 0.4) is 0 Å². The Morgan fingerprint density at radius 2 is 1.24 bits per heavy atom. The van der Waals surface area contributed by atoms with E-state index in [2.05, 4.69) is 26.6 Å². The molecule has 5 rings (SSSR count). The Balaban J connectivity index is 1.22. The zero-order chi connectivity index (χ0) is 42.8. The number of nitrogens with zero attached hydrogens (tertiary/aromatic N) is 1. The van der Waals surface area contributed by atoms with Crippen LogP contribution in [0.1, 0.15) is 76.2 Å². The van der Waals surface area contributed by atoms with Crippen LogP contribution in [0.2, 0.25) is 0 Å². The summed E-state index contributed by atoms with van der Waals surface area (Å²) in [6, 6.07) is 23.0. The second-order valence-corrected chi connectivity index (χ2v) is 13.9. The summed E-state index contributed by atoms with van der Waals surface area (Å²) in [6.07, 6.45) is -1.02. The minimum absolute atomic E-state index is 0.0201. The summed E-state index contributed by atoms with van der Waals surface area (Å²) in [7, 11) is 0. The Bertz CT molecular complexity index is 2480. The molecule has 17 nitrogen and oxygen atoms in total. The van der Waals surface area contributed by atoms with Crippen LogP contribution in [0.4, 0.5) is 22.7 Å². The molecule has 1 heterocycles. The van der Waals surface area contributed by atoms with Crippen LogP contribution in [0.5, 0.6) is 11.5 Å². The molecule has 9 N–H and O–H groups in total. The van der Waals surface area contributed by atoms with Crippen LogP contribution in [-0.4, -0.2) is 63.8 Å². The number of hydrogen-bond donors (Lipinski definition) is 8. The van der Waals surface area contributed by atoms with Crippen molar-refractivity contribution < 1.29 is 48.5 Å². The van der Waals surface area contributed by atoms with E-state index in [0.29, 0.717) is 15.4 Å². The third-order valence-corrected chi connectivity index (χ3v) is 9.14. The Kier molecular flexibility index (Phi) is 13.4. The standard InChI is InChI=1S/C41H35N7O10S/c1-21(2)58-35-30(17-16-29(34(35)50)38(53)44-25-13-7-24(8-14-25)41(56)57)47-36(51)22-3-9-26(10-4-22)45-39(54)31(19-33(43)49)48-37(52)23-5-11-27(12-6-23)46-40(55)32-18-15-28(20-42)59-32/h3-18,21,31,50H,19H2,1-2H3,(H2,43,49)(H,44,53)(H,45,54)(H,46,55)(H,47,51)(H,48,52)(H,56,57)/t31-/m0/s1. The van der Waals surface area contributed by atoms with Gasteiger partial charge in [0.1, 0.15) is 17.0 Å². The summed E-state index contributed by atoms with van der Waals surface area (Å²) in [5.41, 5.74) is 6.32. The zero-order valence-corrected chi connectivity index (χ0v) is 32.0. The molecule has 0 spiro atoms. The molecule has 1 atom stereocenters. The summed E-state index contributed by atoms with van der Waals surface area (Å²) in [5, 5.41) is 42.1. The maximum atomic E-state index is 13.3. The molecular weight excluding hydrogens is 783 g/mol. The van der Waals surface area contributed by atoms with Gasteiger partial charge in [0, 0.05) is 28.2 Å². The molecule has 4 aromatic carbocycles. The highest BCUT2D eigenvalue weighted by molar-refractivity contribution is 7.14. The molecule has 0 aliphatic heterocycles. The molecule has 0 fully saturated rings. The summed E-state index contributed by atoms with van der Waals surface area (Å²) in [4.78, 5) is 88.7. The molecule has 5 aromatic rings. The number of amides is 6. The van der Waals surface area contributed by atoms with E-state index in [4.69, 9.17) is 20.8 Å². The van der Waals surface area contributed by atoms with E-state index >= 15 is 0 Å². The molecule has 59 heavy (non-hydrogen) atoms. The van der Waals surface area contributed by atoms with Gasteiger partial charge in [0.05, 0.1) is 34.2 Å². The minimum atomic E-state index is -1.38. The molecule has 0 saturated carbocycles. The maximum Gasteiger partial charge on any atom is 0.335 e. The number of primary amides is 1. The lowest BCUT2D eigenvalue weighted by Crippen LogP contribution is -2.46. The quantitative estimate of drug-likeness (QED) is 0.0681. The van der Waals surface area contributed by atoms with Crippen molar-refractivity contribution in [3.8, 4) is 17.6 Å². The number of rotatable bonds is 15. The predicted octanol–water partition coefficient (Wildman–Crippen LogP) is 5.18. The van der Waals surface area contributed by atoms with E-state index in [1.165, 1.54) is 97.1 Å². The lowest BCUT2D eigenvalue weighted by molar-refractivity contribution is -0.123. The number of carbonyl (C=O) groups is 7. The number of nitriles is 1. The van der Waals surface area contributed by atoms with E-state index in [1.807, 2.05) is 6.07 Å². The van der Waals surface area contributed by atoms with Crippen molar-refractivity contribution >= 4 is 75.5 Å². The average molecular weight is 818 g/mol. The number of thiophene rings is 1. The minimum Gasteiger partial charge on any atom is -0.504 e. The molecule has 0 aliphatic rings. The molecule has 0 aliphatic carbocycles. The van der Waals surface area contributed by atoms with Gasteiger partial charge in [-0.3, -0.25) is 28.8 Å². The van der Waals surface area contributed by atoms with Crippen molar-refractivity contribution in [3.63, 3.8) is 0 Å². The van der Waals surface area contributed by atoms with E-state index in [-0.39, 0.29) is 45.1 Å². The van der Waals surface area contributed by atoms with Gasteiger partial charge in [-0.05, 0) is 111 Å². The van der Waals surface area contributed by atoms with Crippen LogP contribution in [-0.2, 0) is 9.59 Å². The number of carboxylic acids is 1. The van der Waals surface area contributed by atoms with Crippen molar-refractivity contribution in [2.45, 2.75) is 32.4 Å². The number of carbonyl (C=O) groups excluding carboxylic acids is 6. The van der Waals surface area contributed by atoms with Crippen molar-refractivity contribution in [1.82, 2.24) is 5.32 Å². The first-order chi connectivity index (χ1) is 28.1. The van der Waals surface area contributed by atoms with Gasteiger partial charge in [-0.15, -0.1) is 11.3 Å². The van der Waals surface area contributed by atoms with Gasteiger partial charge in [-0.25, -0.2) is 4.79 Å². The fraction of sp³-hybridized carbons (Fsp3) is 0.122. The first kappa shape index (κ1) is 42.1. The predicted molar refractivity (Wildman–Crippen MR) is 217 cm³/mol. The molecule has 6 amide bonds. The molecule has 300 valence electrons. The Morgan fingerprint density at radius 1 is 0.695 bits per heavy atom. The number of phenols is 1. The summed E-state index contributed by atoms with van der Waals surface area (Å²) < 4.78 is 5.76. The Hall–Kier alpha value is -8.04. The Labute approximate surface area is 339 Å². The van der Waals surface area contributed by atoms with E-state index in [9.17, 15) is 38.7 Å². The van der Waals surface area contributed by atoms with Crippen molar-refractivity contribution in [1.29, 1.82) is 5.26 Å². The summed E-state index contributed by atoms with van der Waals surface area (Å²) in [6.45, 7) is 3.35. The first-order valence-electron chi connectivity index (χ1n) is 17.5. The van der Waals surface area contributed by atoms with Gasteiger partial charge in [-0.2, -0.15) is 5.26 Å². The zero-order valence-electron chi connectivity index (χ0n) is 31.2. The lowest BCUT2D eigenvalue weighted by atomic mass is 10.1. The number of aromatic carboxylic acids is 1. The maximum absolute atomic E-state index is 13.3. The number of anilines is 4. The number of ether oxygens (including phenoxy) is 1. The van der Waals surface area contributed by atoms with E-state index in [0.717, 1.165) is 11.3 Å². The summed E-state index contributed by atoms with van der Waals surface area (Å²) in [5.74, 6) is -6.03. The molecule has 0 bridgehead atoms. The molecule has 0 radical (unpaired) electrons. The fourth-order valence-corrected chi connectivity index (χ4v) is 6.00. The van der Waals surface area contributed by atoms with Crippen LogP contribution in [0.15, 0.2) is 97.1 Å². The Morgan fingerprint density at radius 3 is 1.76 bits per heavy atom. The number of phenolic OH excluding ortho intramolecular Hbond substituents is 1. The SMILES string of the molecule is CC(C)Oc1c(NC(=O)c2ccc(NC(=O)[C@H](CC(N)=O)NC(=O)c3ccc(NC(=O)c4ccc(C#N)s4)cc3)cc2)ccc(C(=O)Nc2ccc(C(=O)O)cc2)c1O. The van der Waals surface area contributed by atoms with Gasteiger partial charge in [0.2, 0.25) is 11.8 Å². The number of nitrogens with two attached hydrogens (primary N) is 1. The van der Waals surface area contributed by atoms with Crippen molar-refractivity contribution in [2.24, 2.45) is 5.73 Å². The van der Waals surface area contributed by atoms with Gasteiger partial charge >= 0.3 is 5.97 Å². The van der Waals surface area contributed by atoms with Crippen LogP contribution >= 0.6 is 11.3 Å². The monoisotopic (exact) mass is 817 g/mol. The number of aromatic hydroxyl groups is 1. The lowest BCUT2D eigenvalue weighted by Gasteiger charge is -2.19. The topological polar surface area (TPSA) is 279 Å². The van der Waals surface area contributed by atoms with Gasteiger partial charge in [-0.1, -0.05) is 0 Å². The fourth-order valence-electron chi connectivity index (χ4n) is 5.30. The normalized spacial score (nSPS) is 11.0. The van der Waals surface area contributed by atoms with Gasteiger partial charge < -0.3 is 47.3 Å². The molecule has 0 saturated heterocycles. The highest BCUT2D eigenvalue weighted by atomic mass is 32.1. The smallest absolute Gasteiger partial charge is 0.335 e. The third-order valence-electron chi connectivity index (χ3n) is 8.15. The first-order valence-corrected chi connectivity index (χ1v) is 18.3. The third kappa shape index (κ3) is 11.1. The average Bonchev–Trinajstić information content (AvgIpc) is 3.69. The van der Waals surface area contributed by atoms with Crippen LogP contribution in [0.25, 0.3) is 0 Å².